The van der Waals surface area contributed by atoms with E-state index in [1.165, 1.54) is 24.3 Å². The van der Waals surface area contributed by atoms with Crippen molar-refractivity contribution in [1.82, 2.24) is 0 Å². The number of nitrogens with zero attached hydrogens (tertiary/aromatic N) is 6. The minimum atomic E-state index is -4.59. The van der Waals surface area contributed by atoms with Crippen molar-refractivity contribution in [3.63, 3.8) is 0 Å². The summed E-state index contributed by atoms with van der Waals surface area (Å²) in [6.45, 7) is 2.74. The Morgan fingerprint density at radius 3 is 1.00 bits per heavy atom. The van der Waals surface area contributed by atoms with Crippen molar-refractivity contribution < 1.29 is 40.6 Å². The van der Waals surface area contributed by atoms with Crippen LogP contribution in [-0.4, -0.2) is 32.2 Å². The molecule has 0 fully saturated rings. The van der Waals surface area contributed by atoms with Crippen molar-refractivity contribution in [3.05, 3.63) is 124 Å². The topological polar surface area (TPSA) is 102 Å². The predicted octanol–water partition coefficient (Wildman–Crippen LogP) is 9.55. The number of halogens is 6. The second kappa shape index (κ2) is 12.8. The van der Waals surface area contributed by atoms with Gasteiger partial charge in [0.05, 0.1) is 19.8 Å². The van der Waals surface area contributed by atoms with Crippen LogP contribution in [0.15, 0.2) is 122 Å². The van der Waals surface area contributed by atoms with Gasteiger partial charge >= 0.3 is 23.7 Å². The Morgan fingerprint density at radius 1 is 0.451 bits per heavy atom. The summed E-state index contributed by atoms with van der Waals surface area (Å²) in [5.41, 5.74) is -1.85. The zero-order valence-electron chi connectivity index (χ0n) is 27.1. The van der Waals surface area contributed by atoms with Gasteiger partial charge in [0.2, 0.25) is 5.66 Å². The van der Waals surface area contributed by atoms with E-state index in [2.05, 4.69) is 30.7 Å². The minimum Gasteiger partial charge on any atom is -0.493 e. The van der Waals surface area contributed by atoms with Crippen LogP contribution in [0, 0.1) is 0 Å². The molecule has 0 saturated carbocycles. The highest BCUT2D eigenvalue weighted by molar-refractivity contribution is 5.42. The number of rotatable bonds is 15. The molecule has 3 aliphatic heterocycles. The van der Waals surface area contributed by atoms with E-state index in [-0.39, 0.29) is 24.3 Å². The van der Waals surface area contributed by atoms with Crippen molar-refractivity contribution in [2.75, 3.05) is 19.8 Å². The first-order valence-corrected chi connectivity index (χ1v) is 16.1. The Labute approximate surface area is 288 Å². The Balaban J connectivity index is 0.971. The third kappa shape index (κ3) is 7.28. The molecule has 0 aromatic heterocycles. The van der Waals surface area contributed by atoms with Crippen molar-refractivity contribution in [2.45, 2.75) is 55.5 Å². The second-order valence-corrected chi connectivity index (χ2v) is 12.5. The molecule has 4 aromatic rings. The summed E-state index contributed by atoms with van der Waals surface area (Å²) < 4.78 is 98.1. The normalized spacial score (nSPS) is 17.2. The largest absolute Gasteiger partial charge is 0.493 e. The Morgan fingerprint density at radius 2 is 0.745 bits per heavy atom. The zero-order chi connectivity index (χ0) is 35.9. The number of alkyl halides is 6. The van der Waals surface area contributed by atoms with Crippen LogP contribution in [-0.2, 0) is 36.3 Å². The Kier molecular flexibility index (Phi) is 8.54. The van der Waals surface area contributed by atoms with E-state index in [0.717, 1.165) is 22.3 Å². The lowest BCUT2D eigenvalue weighted by atomic mass is 10.0. The van der Waals surface area contributed by atoms with Gasteiger partial charge in [-0.15, -0.1) is 20.5 Å². The SMILES string of the molecule is CC1(c2ccc(CCOc3cc(OCCc4ccc(C5(C(F)(F)F)N=N5)cc4)cc(OCCc4ccc(C5(C(F)(F)F)N=N5)cc4)c3)cc2)N=N1. The monoisotopic (exact) mass is 708 g/mol. The second-order valence-electron chi connectivity index (χ2n) is 12.5. The first-order chi connectivity index (χ1) is 24.3. The Hall–Kier alpha value is -5.34. The number of hydrogen-bond donors (Lipinski definition) is 0. The summed E-state index contributed by atoms with van der Waals surface area (Å²) >= 11 is 0. The van der Waals surface area contributed by atoms with Crippen LogP contribution in [0.3, 0.4) is 0 Å². The number of ether oxygens (including phenoxy) is 3. The lowest BCUT2D eigenvalue weighted by Crippen LogP contribution is -2.30. The number of hydrogen-bond acceptors (Lipinski definition) is 9. The summed E-state index contributed by atoms with van der Waals surface area (Å²) in [5, 5.41) is 21.1. The average molecular weight is 709 g/mol. The van der Waals surface area contributed by atoms with Crippen LogP contribution in [0.1, 0.15) is 40.3 Å². The molecule has 0 spiro atoms. The van der Waals surface area contributed by atoms with Gasteiger partial charge in [-0.05, 0) is 23.6 Å². The summed E-state index contributed by atoms with van der Waals surface area (Å²) in [5.74, 6) is 1.41. The maximum absolute atomic E-state index is 13.3. The molecule has 7 rings (SSSR count). The van der Waals surface area contributed by atoms with Gasteiger partial charge in [0.25, 0.3) is 0 Å². The molecule has 0 N–H and O–H groups in total. The highest BCUT2D eigenvalue weighted by Gasteiger charge is 2.65. The van der Waals surface area contributed by atoms with Crippen LogP contribution in [0.4, 0.5) is 26.3 Å². The smallest absolute Gasteiger partial charge is 0.442 e. The first-order valence-electron chi connectivity index (χ1n) is 16.1. The van der Waals surface area contributed by atoms with Gasteiger partial charge in [-0.2, -0.15) is 36.6 Å². The van der Waals surface area contributed by atoms with E-state index in [4.69, 9.17) is 14.2 Å². The van der Waals surface area contributed by atoms with E-state index >= 15 is 0 Å². The molecule has 0 radical (unpaired) electrons. The van der Waals surface area contributed by atoms with Gasteiger partial charge in [0.15, 0.2) is 0 Å². The quantitative estimate of drug-likeness (QED) is 0.115. The summed E-state index contributed by atoms with van der Waals surface area (Å²) in [6, 6.07) is 25.0. The third-order valence-electron chi connectivity index (χ3n) is 8.84. The average Bonchev–Trinajstić information content (AvgIpc) is 3.97. The molecule has 9 nitrogen and oxygen atoms in total. The molecular formula is C36H30F6N6O3. The fourth-order valence-electron chi connectivity index (χ4n) is 5.53. The highest BCUT2D eigenvalue weighted by Crippen LogP contribution is 2.53. The maximum atomic E-state index is 13.3. The maximum Gasteiger partial charge on any atom is 0.442 e. The third-order valence-corrected chi connectivity index (χ3v) is 8.84. The molecule has 0 bridgehead atoms. The van der Waals surface area contributed by atoms with E-state index in [0.29, 0.717) is 43.1 Å². The van der Waals surface area contributed by atoms with E-state index in [1.54, 1.807) is 42.5 Å². The van der Waals surface area contributed by atoms with Gasteiger partial charge in [0.1, 0.15) is 17.2 Å². The van der Waals surface area contributed by atoms with Gasteiger partial charge < -0.3 is 14.2 Å². The van der Waals surface area contributed by atoms with E-state index in [9.17, 15) is 26.3 Å². The molecule has 51 heavy (non-hydrogen) atoms. The van der Waals surface area contributed by atoms with Gasteiger partial charge in [-0.1, -0.05) is 72.8 Å². The van der Waals surface area contributed by atoms with Crippen molar-refractivity contribution >= 4 is 0 Å². The van der Waals surface area contributed by atoms with Gasteiger partial charge in [0, 0.05) is 54.2 Å². The summed E-state index contributed by atoms with van der Waals surface area (Å²) in [4.78, 5) is 0. The van der Waals surface area contributed by atoms with Crippen LogP contribution in [0.2, 0.25) is 0 Å². The van der Waals surface area contributed by atoms with E-state index in [1.807, 2.05) is 31.2 Å². The molecule has 0 atom stereocenters. The molecule has 4 aromatic carbocycles. The van der Waals surface area contributed by atoms with E-state index < -0.39 is 29.3 Å². The molecule has 0 saturated heterocycles. The van der Waals surface area contributed by atoms with Crippen LogP contribution in [0.5, 0.6) is 17.2 Å². The van der Waals surface area contributed by atoms with Crippen LogP contribution < -0.4 is 14.2 Å². The minimum absolute atomic E-state index is 0.0411. The summed E-state index contributed by atoms with van der Waals surface area (Å²) in [6.07, 6.45) is -7.73. The summed E-state index contributed by atoms with van der Waals surface area (Å²) in [7, 11) is 0. The first kappa shape index (κ1) is 34.1. The molecule has 3 heterocycles. The molecule has 0 amide bonds. The lowest BCUT2D eigenvalue weighted by Gasteiger charge is -2.16. The fraction of sp³-hybridized carbons (Fsp3) is 0.333. The Bertz CT molecular complexity index is 1860. The molecule has 0 aliphatic carbocycles. The lowest BCUT2D eigenvalue weighted by molar-refractivity contribution is -0.166. The molecule has 3 aliphatic rings. The van der Waals surface area contributed by atoms with Crippen LogP contribution in [0.25, 0.3) is 0 Å². The highest BCUT2D eigenvalue weighted by atomic mass is 19.4. The van der Waals surface area contributed by atoms with Crippen molar-refractivity contribution in [3.8, 4) is 17.2 Å². The standard InChI is InChI=1S/C36H30F6N6O3/c1-32(43-44-32)26-8-2-23(3-9-26)14-17-49-29-20-30(50-18-15-24-4-10-27(11-5-24)33(45-46-33)35(37,38)39)22-31(21-29)51-19-16-25-6-12-28(13-7-25)34(47-48-34)36(40,41)42/h2-13,20-22H,14-19H2,1H3. The number of benzene rings is 4. The van der Waals surface area contributed by atoms with Gasteiger partial charge in [-0.3, -0.25) is 0 Å². The molecule has 0 unspecified atom stereocenters. The van der Waals surface area contributed by atoms with Crippen molar-refractivity contribution in [2.24, 2.45) is 30.7 Å². The van der Waals surface area contributed by atoms with Crippen LogP contribution >= 0.6 is 0 Å². The zero-order valence-corrected chi connectivity index (χ0v) is 27.1. The van der Waals surface area contributed by atoms with Gasteiger partial charge in [-0.25, -0.2) is 0 Å². The predicted molar refractivity (Wildman–Crippen MR) is 171 cm³/mol. The van der Waals surface area contributed by atoms with Crippen molar-refractivity contribution in [1.29, 1.82) is 0 Å². The fourth-order valence-corrected chi connectivity index (χ4v) is 5.53. The molecule has 264 valence electrons. The molecular weight excluding hydrogens is 678 g/mol. The molecule has 15 heteroatoms.